The van der Waals surface area contributed by atoms with Crippen molar-refractivity contribution in [2.75, 3.05) is 7.11 Å². The summed E-state index contributed by atoms with van der Waals surface area (Å²) >= 11 is 0. The number of methoxy groups -OCH3 is 1. The second-order valence-electron chi connectivity index (χ2n) is 3.97. The number of nitrogens with zero attached hydrogens (tertiary/aromatic N) is 2. The van der Waals surface area contributed by atoms with Gasteiger partial charge in [0, 0.05) is 18.9 Å². The molecule has 0 aliphatic heterocycles. The van der Waals surface area contributed by atoms with Crippen LogP contribution >= 0.6 is 0 Å². The molecular formula is C14H16N2O2. The predicted octanol–water partition coefficient (Wildman–Crippen LogP) is 2.53. The van der Waals surface area contributed by atoms with E-state index in [-0.39, 0.29) is 5.78 Å². The van der Waals surface area contributed by atoms with Crippen LogP contribution in [-0.4, -0.2) is 22.4 Å². The lowest BCUT2D eigenvalue weighted by molar-refractivity contribution is 0.102. The first-order valence-corrected chi connectivity index (χ1v) is 5.96. The molecule has 0 atom stereocenters. The highest BCUT2D eigenvalue weighted by Crippen LogP contribution is 2.20. The molecule has 2 aromatic rings. The van der Waals surface area contributed by atoms with E-state index in [1.807, 2.05) is 22.9 Å². The monoisotopic (exact) mass is 244 g/mol. The standard InChI is InChI=1S/C14H16N2O2/c1-3-9-16-10-8-15-14(16)13(17)11-6-4-5-7-12(11)18-2/h4-8,10H,3,9H2,1-2H3. The number of carbonyl (C=O) groups excluding carboxylic acids is 1. The van der Waals surface area contributed by atoms with Gasteiger partial charge in [-0.2, -0.15) is 0 Å². The van der Waals surface area contributed by atoms with Crippen LogP contribution in [0, 0.1) is 0 Å². The average molecular weight is 244 g/mol. The largest absolute Gasteiger partial charge is 0.496 e. The summed E-state index contributed by atoms with van der Waals surface area (Å²) in [5.74, 6) is 0.931. The van der Waals surface area contributed by atoms with Crippen molar-refractivity contribution >= 4 is 5.78 Å². The average Bonchev–Trinajstić information content (AvgIpc) is 2.86. The SMILES string of the molecule is CCCn1ccnc1C(=O)c1ccccc1OC. The lowest BCUT2D eigenvalue weighted by Gasteiger charge is -2.08. The Morgan fingerprint density at radius 1 is 1.39 bits per heavy atom. The number of hydrogen-bond acceptors (Lipinski definition) is 3. The van der Waals surface area contributed by atoms with Crippen LogP contribution in [0.1, 0.15) is 29.5 Å². The van der Waals surface area contributed by atoms with Gasteiger partial charge >= 0.3 is 0 Å². The van der Waals surface area contributed by atoms with Gasteiger partial charge in [-0.15, -0.1) is 0 Å². The third kappa shape index (κ3) is 2.27. The van der Waals surface area contributed by atoms with E-state index < -0.39 is 0 Å². The van der Waals surface area contributed by atoms with Gasteiger partial charge in [-0.05, 0) is 18.6 Å². The summed E-state index contributed by atoms with van der Waals surface area (Å²) in [5, 5.41) is 0. The predicted molar refractivity (Wildman–Crippen MR) is 68.9 cm³/mol. The Morgan fingerprint density at radius 2 is 2.17 bits per heavy atom. The number of aromatic nitrogens is 2. The van der Waals surface area contributed by atoms with Crippen LogP contribution in [0.15, 0.2) is 36.7 Å². The Bertz CT molecular complexity index is 546. The first-order chi connectivity index (χ1) is 8.77. The van der Waals surface area contributed by atoms with E-state index in [2.05, 4.69) is 11.9 Å². The van der Waals surface area contributed by atoms with Gasteiger partial charge in [-0.1, -0.05) is 19.1 Å². The van der Waals surface area contributed by atoms with Crippen LogP contribution in [0.3, 0.4) is 0 Å². The van der Waals surface area contributed by atoms with Gasteiger partial charge in [0.05, 0.1) is 12.7 Å². The van der Waals surface area contributed by atoms with Crippen molar-refractivity contribution in [2.45, 2.75) is 19.9 Å². The van der Waals surface area contributed by atoms with Crippen molar-refractivity contribution in [3.8, 4) is 5.75 Å². The number of para-hydroxylation sites is 1. The Morgan fingerprint density at radius 3 is 2.89 bits per heavy atom. The summed E-state index contributed by atoms with van der Waals surface area (Å²) in [7, 11) is 1.56. The first kappa shape index (κ1) is 12.4. The topological polar surface area (TPSA) is 44.1 Å². The minimum atomic E-state index is -0.106. The molecule has 0 saturated heterocycles. The molecule has 2 rings (SSSR count). The number of hydrogen-bond donors (Lipinski definition) is 0. The molecule has 94 valence electrons. The zero-order chi connectivity index (χ0) is 13.0. The smallest absolute Gasteiger partial charge is 0.232 e. The normalized spacial score (nSPS) is 10.3. The van der Waals surface area contributed by atoms with E-state index in [4.69, 9.17) is 4.74 Å². The van der Waals surface area contributed by atoms with Gasteiger partial charge in [0.1, 0.15) is 5.75 Å². The molecule has 4 nitrogen and oxygen atoms in total. The van der Waals surface area contributed by atoms with Crippen LogP contribution in [0.5, 0.6) is 5.75 Å². The molecule has 0 aliphatic carbocycles. The summed E-state index contributed by atoms with van der Waals surface area (Å²) < 4.78 is 7.08. The summed E-state index contributed by atoms with van der Waals surface area (Å²) in [4.78, 5) is 16.6. The quantitative estimate of drug-likeness (QED) is 0.759. The zero-order valence-electron chi connectivity index (χ0n) is 10.6. The van der Waals surface area contributed by atoms with E-state index in [0.29, 0.717) is 17.1 Å². The minimum absolute atomic E-state index is 0.106. The minimum Gasteiger partial charge on any atom is -0.496 e. The van der Waals surface area contributed by atoms with Gasteiger partial charge in [-0.3, -0.25) is 4.79 Å². The number of aryl methyl sites for hydroxylation is 1. The Hall–Kier alpha value is -2.10. The van der Waals surface area contributed by atoms with Crippen LogP contribution in [0.4, 0.5) is 0 Å². The van der Waals surface area contributed by atoms with E-state index in [0.717, 1.165) is 13.0 Å². The van der Waals surface area contributed by atoms with Gasteiger partial charge in [-0.25, -0.2) is 4.98 Å². The van der Waals surface area contributed by atoms with Crippen LogP contribution in [0.2, 0.25) is 0 Å². The van der Waals surface area contributed by atoms with Crippen LogP contribution in [-0.2, 0) is 6.54 Å². The number of benzene rings is 1. The van der Waals surface area contributed by atoms with Crippen molar-refractivity contribution in [2.24, 2.45) is 0 Å². The van der Waals surface area contributed by atoms with Crippen LogP contribution < -0.4 is 4.74 Å². The summed E-state index contributed by atoms with van der Waals surface area (Å²) in [6.45, 7) is 2.85. The third-order valence-electron chi connectivity index (χ3n) is 2.73. The fourth-order valence-electron chi connectivity index (χ4n) is 1.89. The van der Waals surface area contributed by atoms with Crippen LogP contribution in [0.25, 0.3) is 0 Å². The lowest BCUT2D eigenvalue weighted by Crippen LogP contribution is -2.12. The number of imidazole rings is 1. The molecule has 0 radical (unpaired) electrons. The molecule has 4 heteroatoms. The molecule has 0 fully saturated rings. The maximum absolute atomic E-state index is 12.4. The van der Waals surface area contributed by atoms with E-state index in [9.17, 15) is 4.79 Å². The highest BCUT2D eigenvalue weighted by atomic mass is 16.5. The molecule has 0 aliphatic rings. The lowest BCUT2D eigenvalue weighted by atomic mass is 10.1. The summed E-state index contributed by atoms with van der Waals surface area (Å²) in [6.07, 6.45) is 4.44. The zero-order valence-corrected chi connectivity index (χ0v) is 10.6. The highest BCUT2D eigenvalue weighted by Gasteiger charge is 2.18. The summed E-state index contributed by atoms with van der Waals surface area (Å²) in [5.41, 5.74) is 0.545. The van der Waals surface area contributed by atoms with Crippen molar-refractivity contribution in [3.63, 3.8) is 0 Å². The highest BCUT2D eigenvalue weighted by molar-refractivity contribution is 6.08. The van der Waals surface area contributed by atoms with E-state index >= 15 is 0 Å². The molecule has 1 aromatic heterocycles. The molecule has 0 bridgehead atoms. The number of ketones is 1. The molecule has 0 spiro atoms. The van der Waals surface area contributed by atoms with Crippen molar-refractivity contribution in [1.82, 2.24) is 9.55 Å². The Kier molecular flexibility index (Phi) is 3.77. The Balaban J connectivity index is 2.38. The molecule has 0 N–H and O–H groups in total. The van der Waals surface area contributed by atoms with Gasteiger partial charge in [0.15, 0.2) is 5.82 Å². The molecule has 1 aromatic carbocycles. The Labute approximate surface area is 106 Å². The number of rotatable bonds is 5. The van der Waals surface area contributed by atoms with Gasteiger partial charge in [0.25, 0.3) is 0 Å². The van der Waals surface area contributed by atoms with E-state index in [1.54, 1.807) is 25.4 Å². The van der Waals surface area contributed by atoms with Gasteiger partial charge in [0.2, 0.25) is 5.78 Å². The maximum Gasteiger partial charge on any atom is 0.232 e. The second-order valence-corrected chi connectivity index (χ2v) is 3.97. The second kappa shape index (κ2) is 5.49. The first-order valence-electron chi connectivity index (χ1n) is 5.96. The molecule has 18 heavy (non-hydrogen) atoms. The molecular weight excluding hydrogens is 228 g/mol. The molecule has 0 unspecified atom stereocenters. The van der Waals surface area contributed by atoms with Crippen molar-refractivity contribution in [1.29, 1.82) is 0 Å². The fourth-order valence-corrected chi connectivity index (χ4v) is 1.89. The summed E-state index contributed by atoms with van der Waals surface area (Å²) in [6, 6.07) is 7.20. The fraction of sp³-hybridized carbons (Fsp3) is 0.286. The van der Waals surface area contributed by atoms with E-state index in [1.165, 1.54) is 0 Å². The maximum atomic E-state index is 12.4. The van der Waals surface area contributed by atoms with Crippen molar-refractivity contribution < 1.29 is 9.53 Å². The molecule has 0 saturated carbocycles. The van der Waals surface area contributed by atoms with Crippen molar-refractivity contribution in [3.05, 3.63) is 48.0 Å². The molecule has 1 heterocycles. The number of ether oxygens (including phenoxy) is 1. The van der Waals surface area contributed by atoms with Gasteiger partial charge < -0.3 is 9.30 Å². The number of carbonyl (C=O) groups is 1. The molecule has 0 amide bonds. The third-order valence-corrected chi connectivity index (χ3v) is 2.73.